The van der Waals surface area contributed by atoms with Gasteiger partial charge in [-0.25, -0.2) is 0 Å². The van der Waals surface area contributed by atoms with Crippen molar-refractivity contribution in [3.63, 3.8) is 0 Å². The minimum atomic E-state index is -0.434. The molecule has 0 unspecified atom stereocenters. The Hall–Kier alpha value is -2.28. The van der Waals surface area contributed by atoms with Crippen LogP contribution in [0, 0.1) is 13.8 Å². The monoisotopic (exact) mass is 436 g/mol. The number of carbonyl (C=O) groups is 2. The molecular formula is C20H18Cl2N2O3S. The highest BCUT2D eigenvalue weighted by atomic mass is 35.5. The van der Waals surface area contributed by atoms with Gasteiger partial charge in [-0.3, -0.25) is 9.59 Å². The number of fused-ring (bicyclic) bond motifs is 1. The second-order valence-corrected chi connectivity index (χ2v) is 8.01. The second-order valence-electron chi connectivity index (χ2n) is 6.23. The van der Waals surface area contributed by atoms with Gasteiger partial charge in [0.1, 0.15) is 15.6 Å². The molecule has 0 aliphatic heterocycles. The number of rotatable bonds is 5. The molecule has 3 rings (SSSR count). The number of nitrogens with one attached hydrogen (secondary N) is 2. The lowest BCUT2D eigenvalue weighted by Crippen LogP contribution is -2.32. The number of hydrogen-bond donors (Lipinski definition) is 2. The maximum atomic E-state index is 12.5. The Morgan fingerprint density at radius 2 is 1.82 bits per heavy atom. The van der Waals surface area contributed by atoms with Gasteiger partial charge in [-0.05, 0) is 49.2 Å². The summed E-state index contributed by atoms with van der Waals surface area (Å²) in [4.78, 5) is 25.0. The summed E-state index contributed by atoms with van der Waals surface area (Å²) < 4.78 is 5.85. The van der Waals surface area contributed by atoms with Gasteiger partial charge in [-0.2, -0.15) is 0 Å². The van der Waals surface area contributed by atoms with Gasteiger partial charge in [0.15, 0.2) is 0 Å². The molecule has 2 amide bonds. The quantitative estimate of drug-likeness (QED) is 0.577. The molecular weight excluding hydrogens is 419 g/mol. The van der Waals surface area contributed by atoms with E-state index in [1.54, 1.807) is 12.1 Å². The molecule has 146 valence electrons. The first kappa shape index (κ1) is 20.5. The zero-order chi connectivity index (χ0) is 20.4. The van der Waals surface area contributed by atoms with Crippen LogP contribution in [0.5, 0.6) is 5.75 Å². The molecule has 0 aliphatic rings. The van der Waals surface area contributed by atoms with Crippen molar-refractivity contribution < 1.29 is 14.3 Å². The van der Waals surface area contributed by atoms with Crippen LogP contribution >= 0.6 is 34.5 Å². The Morgan fingerprint density at radius 1 is 1.07 bits per heavy atom. The van der Waals surface area contributed by atoms with Gasteiger partial charge in [-0.1, -0.05) is 29.3 Å². The molecule has 8 heteroatoms. The van der Waals surface area contributed by atoms with Crippen molar-refractivity contribution in [1.29, 1.82) is 0 Å². The minimum Gasteiger partial charge on any atom is -0.495 e. The molecule has 1 heterocycles. The Labute approximate surface area is 176 Å². The molecule has 3 aromatic rings. The summed E-state index contributed by atoms with van der Waals surface area (Å²) in [5.74, 6) is -0.253. The molecule has 0 bridgehead atoms. The van der Waals surface area contributed by atoms with E-state index in [1.807, 2.05) is 32.0 Å². The molecule has 0 saturated heterocycles. The van der Waals surface area contributed by atoms with E-state index < -0.39 is 5.91 Å². The third-order valence-corrected chi connectivity index (χ3v) is 6.54. The molecule has 0 radical (unpaired) electrons. The zero-order valence-corrected chi connectivity index (χ0v) is 17.8. The Bertz CT molecular complexity index is 1080. The summed E-state index contributed by atoms with van der Waals surface area (Å²) in [5.41, 5.74) is 2.90. The number of ether oxygens (including phenoxy) is 1. The van der Waals surface area contributed by atoms with Gasteiger partial charge in [0.25, 0.3) is 5.91 Å². The van der Waals surface area contributed by atoms with E-state index in [0.717, 1.165) is 22.5 Å². The van der Waals surface area contributed by atoms with E-state index in [4.69, 9.17) is 27.9 Å². The fraction of sp³-hybridized carbons (Fsp3) is 0.200. The highest BCUT2D eigenvalue weighted by molar-refractivity contribution is 7.22. The molecule has 5 nitrogen and oxygen atoms in total. The van der Waals surface area contributed by atoms with Crippen LogP contribution in [0.15, 0.2) is 30.3 Å². The lowest BCUT2D eigenvalue weighted by atomic mass is 10.1. The number of benzene rings is 2. The van der Waals surface area contributed by atoms with Crippen LogP contribution < -0.4 is 15.4 Å². The van der Waals surface area contributed by atoms with Crippen molar-refractivity contribution >= 4 is 62.1 Å². The number of halogens is 2. The third-order valence-electron chi connectivity index (χ3n) is 4.33. The van der Waals surface area contributed by atoms with E-state index in [1.165, 1.54) is 7.11 Å². The topological polar surface area (TPSA) is 67.4 Å². The molecule has 0 aliphatic carbocycles. The van der Waals surface area contributed by atoms with Gasteiger partial charge in [-0.15, -0.1) is 11.3 Å². The number of amides is 2. The minimum absolute atomic E-state index is 0.173. The van der Waals surface area contributed by atoms with Crippen LogP contribution in [-0.2, 0) is 4.79 Å². The highest BCUT2D eigenvalue weighted by Crippen LogP contribution is 2.42. The summed E-state index contributed by atoms with van der Waals surface area (Å²) in [6.07, 6.45) is 0. The van der Waals surface area contributed by atoms with Crippen molar-refractivity contribution in [1.82, 2.24) is 5.32 Å². The van der Waals surface area contributed by atoms with Crippen LogP contribution in [0.3, 0.4) is 0 Å². The average molecular weight is 437 g/mol. The predicted molar refractivity (Wildman–Crippen MR) is 115 cm³/mol. The molecule has 0 fully saturated rings. The maximum Gasteiger partial charge on any atom is 0.263 e. The number of carbonyl (C=O) groups excluding carboxylic acids is 2. The number of hydrogen-bond acceptors (Lipinski definition) is 4. The van der Waals surface area contributed by atoms with Gasteiger partial charge in [0.05, 0.1) is 23.4 Å². The molecule has 1 aromatic heterocycles. The van der Waals surface area contributed by atoms with Gasteiger partial charge >= 0.3 is 0 Å². The molecule has 0 spiro atoms. The van der Waals surface area contributed by atoms with Crippen LogP contribution in [0.4, 0.5) is 5.69 Å². The average Bonchev–Trinajstić information content (AvgIpc) is 3.01. The normalized spacial score (nSPS) is 10.8. The molecule has 0 atom stereocenters. The van der Waals surface area contributed by atoms with Crippen molar-refractivity contribution in [3.05, 3.63) is 56.4 Å². The smallest absolute Gasteiger partial charge is 0.263 e. The van der Waals surface area contributed by atoms with E-state index in [2.05, 4.69) is 10.6 Å². The summed E-state index contributed by atoms with van der Waals surface area (Å²) in [7, 11) is 1.52. The fourth-order valence-electron chi connectivity index (χ4n) is 2.65. The van der Waals surface area contributed by atoms with Crippen molar-refractivity contribution in [3.8, 4) is 5.75 Å². The molecule has 0 saturated carbocycles. The molecule has 28 heavy (non-hydrogen) atoms. The summed E-state index contributed by atoms with van der Waals surface area (Å²) in [6.45, 7) is 3.79. The number of thiophene rings is 1. The SMILES string of the molecule is COc1ccc2c(Cl)c(C(=O)NCC(=O)Nc3ccc(C)c(C)c3)sc2c1Cl. The van der Waals surface area contributed by atoms with Crippen molar-refractivity contribution in [2.75, 3.05) is 19.0 Å². The molecule has 2 aromatic carbocycles. The summed E-state index contributed by atoms with van der Waals surface area (Å²) >= 11 is 13.8. The number of aryl methyl sites for hydroxylation is 2. The third kappa shape index (κ3) is 4.09. The Balaban J connectivity index is 1.70. The first-order chi connectivity index (χ1) is 13.3. The Morgan fingerprint density at radius 3 is 2.50 bits per heavy atom. The van der Waals surface area contributed by atoms with Crippen LogP contribution in [-0.4, -0.2) is 25.5 Å². The van der Waals surface area contributed by atoms with E-state index in [9.17, 15) is 9.59 Å². The van der Waals surface area contributed by atoms with Gasteiger partial charge in [0, 0.05) is 11.1 Å². The Kier molecular flexibility index (Phi) is 6.13. The van der Waals surface area contributed by atoms with Crippen molar-refractivity contribution in [2.24, 2.45) is 0 Å². The summed E-state index contributed by atoms with van der Waals surface area (Å²) in [6, 6.07) is 9.08. The summed E-state index contributed by atoms with van der Waals surface area (Å²) in [5, 5.41) is 6.73. The van der Waals surface area contributed by atoms with Gasteiger partial charge in [0.2, 0.25) is 5.91 Å². The van der Waals surface area contributed by atoms with Crippen LogP contribution in [0.1, 0.15) is 20.8 Å². The lowest BCUT2D eigenvalue weighted by Gasteiger charge is -2.08. The predicted octanol–water partition coefficient (Wildman–Crippen LogP) is 5.20. The lowest BCUT2D eigenvalue weighted by molar-refractivity contribution is -0.115. The van der Waals surface area contributed by atoms with Crippen molar-refractivity contribution in [2.45, 2.75) is 13.8 Å². The first-order valence-electron chi connectivity index (χ1n) is 8.41. The van der Waals surface area contributed by atoms with E-state index in [0.29, 0.717) is 36.4 Å². The highest BCUT2D eigenvalue weighted by Gasteiger charge is 2.20. The standard InChI is InChI=1S/C20H18Cl2N2O3S/c1-10-4-5-12(8-11(10)2)24-15(25)9-23-20(26)19-16(21)13-6-7-14(27-3)17(22)18(13)28-19/h4-8H,9H2,1-3H3,(H,23,26)(H,24,25). The molecule has 2 N–H and O–H groups in total. The first-order valence-corrected chi connectivity index (χ1v) is 9.99. The fourth-order valence-corrected chi connectivity index (χ4v) is 4.46. The number of methoxy groups -OCH3 is 1. The van der Waals surface area contributed by atoms with E-state index in [-0.39, 0.29) is 12.5 Å². The van der Waals surface area contributed by atoms with Crippen LogP contribution in [0.2, 0.25) is 10.0 Å². The zero-order valence-electron chi connectivity index (χ0n) is 15.5. The van der Waals surface area contributed by atoms with E-state index >= 15 is 0 Å². The maximum absolute atomic E-state index is 12.5. The second kappa shape index (κ2) is 8.39. The largest absolute Gasteiger partial charge is 0.495 e. The van der Waals surface area contributed by atoms with Crippen LogP contribution in [0.25, 0.3) is 10.1 Å². The number of anilines is 1. The van der Waals surface area contributed by atoms with Gasteiger partial charge < -0.3 is 15.4 Å².